The van der Waals surface area contributed by atoms with Crippen molar-refractivity contribution >= 4 is 11.8 Å². The number of piperidine rings is 1. The molecular weight excluding hydrogens is 340 g/mol. The fourth-order valence-corrected chi connectivity index (χ4v) is 4.23. The van der Waals surface area contributed by atoms with Crippen molar-refractivity contribution in [2.45, 2.75) is 77.9 Å². The van der Waals surface area contributed by atoms with E-state index in [0.717, 1.165) is 38.9 Å². The Morgan fingerprint density at radius 1 is 1.15 bits per heavy atom. The summed E-state index contributed by atoms with van der Waals surface area (Å²) in [5.41, 5.74) is -0.324. The molecule has 2 amide bonds. The van der Waals surface area contributed by atoms with Crippen LogP contribution >= 0.6 is 0 Å². The first-order valence-electron chi connectivity index (χ1n) is 10.6. The molecule has 1 N–H and O–H groups in total. The minimum absolute atomic E-state index is 0.00737. The molecule has 0 aromatic carbocycles. The van der Waals surface area contributed by atoms with E-state index in [4.69, 9.17) is 0 Å². The van der Waals surface area contributed by atoms with E-state index in [-0.39, 0.29) is 23.3 Å². The summed E-state index contributed by atoms with van der Waals surface area (Å²) >= 11 is 0. The van der Waals surface area contributed by atoms with E-state index in [0.29, 0.717) is 12.6 Å². The largest absolute Gasteiger partial charge is 0.343 e. The van der Waals surface area contributed by atoms with Gasteiger partial charge in [-0.25, -0.2) is 0 Å². The number of nitrogens with zero attached hydrogens (tertiary/aromatic N) is 3. The lowest BCUT2D eigenvalue weighted by Gasteiger charge is -2.37. The zero-order valence-electron chi connectivity index (χ0n) is 18.3. The van der Waals surface area contributed by atoms with Crippen LogP contribution in [0, 0.1) is 5.41 Å². The molecular formula is C21H40N4O2. The summed E-state index contributed by atoms with van der Waals surface area (Å²) in [6.45, 7) is 12.0. The average Bonchev–Trinajstić information content (AvgIpc) is 3.01. The van der Waals surface area contributed by atoms with Crippen molar-refractivity contribution in [1.82, 2.24) is 20.0 Å². The van der Waals surface area contributed by atoms with Gasteiger partial charge in [-0.2, -0.15) is 0 Å². The molecule has 0 radical (unpaired) electrons. The molecule has 27 heavy (non-hydrogen) atoms. The number of likely N-dealkylation sites (N-methyl/N-ethyl adjacent to an activating group) is 2. The maximum absolute atomic E-state index is 13.2. The Morgan fingerprint density at radius 3 is 2.41 bits per heavy atom. The van der Waals surface area contributed by atoms with Gasteiger partial charge >= 0.3 is 0 Å². The third kappa shape index (κ3) is 5.92. The fourth-order valence-electron chi connectivity index (χ4n) is 4.23. The number of likely N-dealkylation sites (tertiary alicyclic amines) is 2. The van der Waals surface area contributed by atoms with Crippen LogP contribution in [0.4, 0.5) is 0 Å². The second-order valence-corrected chi connectivity index (χ2v) is 9.59. The lowest BCUT2D eigenvalue weighted by molar-refractivity contribution is -0.140. The van der Waals surface area contributed by atoms with Crippen molar-refractivity contribution in [2.75, 3.05) is 40.3 Å². The molecule has 6 heteroatoms. The van der Waals surface area contributed by atoms with Crippen molar-refractivity contribution in [1.29, 1.82) is 0 Å². The van der Waals surface area contributed by atoms with Gasteiger partial charge in [0.05, 0.1) is 6.04 Å². The number of rotatable bonds is 6. The summed E-state index contributed by atoms with van der Waals surface area (Å²) in [5, 5.41) is 3.09. The quantitative estimate of drug-likeness (QED) is 0.765. The molecule has 2 unspecified atom stereocenters. The molecule has 2 heterocycles. The number of nitrogens with one attached hydrogen (secondary N) is 1. The first-order valence-corrected chi connectivity index (χ1v) is 10.6. The van der Waals surface area contributed by atoms with Crippen molar-refractivity contribution in [3.63, 3.8) is 0 Å². The third-order valence-corrected chi connectivity index (χ3v) is 6.26. The predicted molar refractivity (Wildman–Crippen MR) is 110 cm³/mol. The monoisotopic (exact) mass is 380 g/mol. The highest BCUT2D eigenvalue weighted by atomic mass is 16.2. The maximum Gasteiger partial charge on any atom is 0.245 e. The molecule has 2 rings (SSSR count). The number of hydrogen-bond acceptors (Lipinski definition) is 4. The van der Waals surface area contributed by atoms with E-state index in [1.165, 1.54) is 12.8 Å². The molecule has 6 nitrogen and oxygen atoms in total. The van der Waals surface area contributed by atoms with Gasteiger partial charge in [-0.05, 0) is 58.2 Å². The molecule has 0 bridgehead atoms. The highest BCUT2D eigenvalue weighted by Gasteiger charge is 2.37. The summed E-state index contributed by atoms with van der Waals surface area (Å²) in [7, 11) is 3.86. The molecule has 2 saturated heterocycles. The highest BCUT2D eigenvalue weighted by molar-refractivity contribution is 5.90. The highest BCUT2D eigenvalue weighted by Crippen LogP contribution is 2.23. The second kappa shape index (κ2) is 9.37. The Bertz CT molecular complexity index is 517. The van der Waals surface area contributed by atoms with Gasteiger partial charge in [-0.3, -0.25) is 19.4 Å². The summed E-state index contributed by atoms with van der Waals surface area (Å²) in [5.74, 6) is 0.00760. The Hall–Kier alpha value is -1.14. The van der Waals surface area contributed by atoms with Gasteiger partial charge in [-0.15, -0.1) is 0 Å². The minimum atomic E-state index is -0.499. The third-order valence-electron chi connectivity index (χ3n) is 6.26. The van der Waals surface area contributed by atoms with Crippen LogP contribution in [0.1, 0.15) is 59.8 Å². The van der Waals surface area contributed by atoms with Gasteiger partial charge < -0.3 is 10.2 Å². The summed E-state index contributed by atoms with van der Waals surface area (Å²) in [6.07, 6.45) is 5.57. The Morgan fingerprint density at radius 2 is 1.85 bits per heavy atom. The minimum Gasteiger partial charge on any atom is -0.343 e. The topological polar surface area (TPSA) is 55.9 Å². The van der Waals surface area contributed by atoms with E-state index >= 15 is 0 Å². The molecule has 2 aliphatic rings. The van der Waals surface area contributed by atoms with Gasteiger partial charge in [0, 0.05) is 26.2 Å². The van der Waals surface area contributed by atoms with Crippen LogP contribution in [-0.4, -0.2) is 84.9 Å². The lowest BCUT2D eigenvalue weighted by Crippen LogP contribution is -2.58. The van der Waals surface area contributed by atoms with Crippen LogP contribution in [0.3, 0.4) is 0 Å². The summed E-state index contributed by atoms with van der Waals surface area (Å²) in [6, 6.07) is -0.0121. The molecule has 0 aliphatic carbocycles. The van der Waals surface area contributed by atoms with E-state index in [9.17, 15) is 9.59 Å². The van der Waals surface area contributed by atoms with E-state index < -0.39 is 6.04 Å². The van der Waals surface area contributed by atoms with Gasteiger partial charge in [-0.1, -0.05) is 27.2 Å². The number of hydrogen-bond donors (Lipinski definition) is 1. The van der Waals surface area contributed by atoms with Crippen LogP contribution in [0.25, 0.3) is 0 Å². The van der Waals surface area contributed by atoms with Crippen LogP contribution < -0.4 is 5.32 Å². The van der Waals surface area contributed by atoms with Gasteiger partial charge in [0.15, 0.2) is 0 Å². The van der Waals surface area contributed by atoms with Crippen molar-refractivity contribution < 1.29 is 9.59 Å². The van der Waals surface area contributed by atoms with E-state index in [2.05, 4.69) is 22.0 Å². The van der Waals surface area contributed by atoms with Crippen LogP contribution in [0.5, 0.6) is 0 Å². The molecule has 0 spiro atoms. The number of carbonyl (C=O) groups excluding carboxylic acids is 2. The molecule has 2 fully saturated rings. The molecule has 3 atom stereocenters. The average molecular weight is 381 g/mol. The van der Waals surface area contributed by atoms with Crippen LogP contribution in [0.2, 0.25) is 0 Å². The number of amides is 2. The van der Waals surface area contributed by atoms with Crippen LogP contribution in [0.15, 0.2) is 0 Å². The van der Waals surface area contributed by atoms with Gasteiger partial charge in [0.25, 0.3) is 0 Å². The standard InChI is InChI=1S/C21H40N4O2/c1-16-10-9-13-25(16)15-14-24(6)20(27)18(21(2,3)4)22-19(26)17-11-7-8-12-23(17)5/h16-18H,7-15H2,1-6H3,(H,22,26)/t16-,17?,18?/m1/s1. The van der Waals surface area contributed by atoms with Gasteiger partial charge in [0.1, 0.15) is 6.04 Å². The zero-order chi connectivity index (χ0) is 20.2. The van der Waals surface area contributed by atoms with Crippen LogP contribution in [-0.2, 0) is 9.59 Å². The zero-order valence-corrected chi connectivity index (χ0v) is 18.3. The molecule has 0 aromatic rings. The first-order chi connectivity index (χ1) is 12.6. The van der Waals surface area contributed by atoms with Crippen molar-refractivity contribution in [3.05, 3.63) is 0 Å². The smallest absolute Gasteiger partial charge is 0.245 e. The van der Waals surface area contributed by atoms with E-state index in [1.54, 1.807) is 4.90 Å². The SMILES string of the molecule is C[C@@H]1CCCN1CCN(C)C(=O)C(NC(=O)C1CCCCN1C)C(C)(C)C. The second-order valence-electron chi connectivity index (χ2n) is 9.59. The van der Waals surface area contributed by atoms with Gasteiger partial charge in [0.2, 0.25) is 11.8 Å². The molecule has 156 valence electrons. The lowest BCUT2D eigenvalue weighted by atomic mass is 9.85. The van der Waals surface area contributed by atoms with Crippen molar-refractivity contribution in [2.24, 2.45) is 5.41 Å². The normalized spacial score (nSPS) is 26.0. The molecule has 0 aromatic heterocycles. The predicted octanol–water partition coefficient (Wildman–Crippen LogP) is 1.94. The number of carbonyl (C=O) groups is 2. The fraction of sp³-hybridized carbons (Fsp3) is 0.905. The molecule has 0 saturated carbocycles. The Labute approximate surface area is 165 Å². The van der Waals surface area contributed by atoms with Crippen molar-refractivity contribution in [3.8, 4) is 0 Å². The Kier molecular flexibility index (Phi) is 7.69. The maximum atomic E-state index is 13.2. The molecule has 2 aliphatic heterocycles. The summed E-state index contributed by atoms with van der Waals surface area (Å²) in [4.78, 5) is 32.4. The first kappa shape index (κ1) is 22.2. The van der Waals surface area contributed by atoms with E-state index in [1.807, 2.05) is 34.9 Å². The Balaban J connectivity index is 1.97. The summed E-state index contributed by atoms with van der Waals surface area (Å²) < 4.78 is 0.